The van der Waals surface area contributed by atoms with E-state index < -0.39 is 5.56 Å². The van der Waals surface area contributed by atoms with Crippen molar-refractivity contribution in [2.45, 2.75) is 19.8 Å². The van der Waals surface area contributed by atoms with Gasteiger partial charge in [-0.2, -0.15) is 5.26 Å². The molecule has 0 bridgehead atoms. The van der Waals surface area contributed by atoms with Crippen LogP contribution in [0.5, 0.6) is 0 Å². The van der Waals surface area contributed by atoms with Gasteiger partial charge < -0.3 is 4.90 Å². The number of piperidine rings is 1. The molecule has 0 unspecified atom stereocenters. The Morgan fingerprint density at radius 2 is 2.14 bits per heavy atom. The van der Waals surface area contributed by atoms with E-state index in [-0.39, 0.29) is 5.56 Å². The van der Waals surface area contributed by atoms with Crippen LogP contribution in [0, 0.1) is 17.2 Å². The number of aromatic amines is 1. The van der Waals surface area contributed by atoms with Gasteiger partial charge in [-0.3, -0.25) is 14.8 Å². The molecule has 0 radical (unpaired) electrons. The number of pyridine rings is 1. The van der Waals surface area contributed by atoms with E-state index in [0.29, 0.717) is 23.3 Å². The van der Waals surface area contributed by atoms with Crippen molar-refractivity contribution in [2.24, 2.45) is 5.92 Å². The molecule has 0 spiro atoms. The van der Waals surface area contributed by atoms with Crippen LogP contribution in [-0.2, 0) is 0 Å². The van der Waals surface area contributed by atoms with Gasteiger partial charge in [-0.25, -0.2) is 4.98 Å². The van der Waals surface area contributed by atoms with E-state index in [2.05, 4.69) is 26.8 Å². The summed E-state index contributed by atoms with van der Waals surface area (Å²) in [6.07, 6.45) is 3.77. The highest BCUT2D eigenvalue weighted by molar-refractivity contribution is 5.63. The Kier molecular flexibility index (Phi) is 3.88. The molecule has 3 heterocycles. The lowest BCUT2D eigenvalue weighted by Gasteiger charge is -2.30. The van der Waals surface area contributed by atoms with E-state index in [1.54, 1.807) is 18.3 Å². The van der Waals surface area contributed by atoms with E-state index in [1.165, 1.54) is 0 Å². The van der Waals surface area contributed by atoms with Gasteiger partial charge in [0, 0.05) is 19.3 Å². The lowest BCUT2D eigenvalue weighted by molar-refractivity contribution is 0.434. The summed E-state index contributed by atoms with van der Waals surface area (Å²) in [5, 5.41) is 9.25. The Hall–Kier alpha value is -2.68. The summed E-state index contributed by atoms with van der Waals surface area (Å²) in [6, 6.07) is 7.29. The molecule has 1 N–H and O–H groups in total. The van der Waals surface area contributed by atoms with Gasteiger partial charge in [-0.15, -0.1) is 0 Å². The number of nitrogens with zero attached hydrogens (tertiary/aromatic N) is 4. The van der Waals surface area contributed by atoms with Crippen molar-refractivity contribution in [3.05, 3.63) is 40.3 Å². The number of hydrogen-bond acceptors (Lipinski definition) is 5. The minimum atomic E-state index is -0.410. The highest BCUT2D eigenvalue weighted by Crippen LogP contribution is 2.22. The van der Waals surface area contributed by atoms with E-state index in [4.69, 9.17) is 0 Å². The fraction of sp³-hybridized carbons (Fsp3) is 0.375. The fourth-order valence-corrected chi connectivity index (χ4v) is 2.62. The van der Waals surface area contributed by atoms with Crippen LogP contribution in [0.25, 0.3) is 11.4 Å². The van der Waals surface area contributed by atoms with Gasteiger partial charge in [0.1, 0.15) is 17.3 Å². The number of aromatic nitrogens is 3. The molecule has 0 saturated carbocycles. The van der Waals surface area contributed by atoms with Gasteiger partial charge in [0.05, 0.1) is 5.69 Å². The summed E-state index contributed by atoms with van der Waals surface area (Å²) in [5.41, 5.74) is 0.483. The van der Waals surface area contributed by atoms with Gasteiger partial charge >= 0.3 is 0 Å². The van der Waals surface area contributed by atoms with Gasteiger partial charge in [-0.05, 0) is 30.9 Å². The van der Waals surface area contributed by atoms with Crippen molar-refractivity contribution in [3.8, 4) is 17.5 Å². The first kappa shape index (κ1) is 14.3. The monoisotopic (exact) mass is 295 g/mol. The van der Waals surface area contributed by atoms with Crippen molar-refractivity contribution >= 4 is 5.95 Å². The molecule has 1 saturated heterocycles. The van der Waals surface area contributed by atoms with Crippen molar-refractivity contribution in [1.82, 2.24) is 15.0 Å². The zero-order valence-corrected chi connectivity index (χ0v) is 12.4. The molecular formula is C16H17N5O. The molecule has 6 heteroatoms. The molecule has 0 atom stereocenters. The van der Waals surface area contributed by atoms with Crippen LogP contribution in [0.4, 0.5) is 5.95 Å². The molecular weight excluding hydrogens is 278 g/mol. The molecule has 0 aliphatic carbocycles. The Morgan fingerprint density at radius 3 is 2.77 bits per heavy atom. The van der Waals surface area contributed by atoms with Crippen LogP contribution < -0.4 is 10.5 Å². The average Bonchev–Trinajstić information content (AvgIpc) is 2.55. The normalized spacial score (nSPS) is 15.5. The average molecular weight is 295 g/mol. The van der Waals surface area contributed by atoms with Crippen LogP contribution in [0.2, 0.25) is 0 Å². The first-order valence-electron chi connectivity index (χ1n) is 7.40. The minimum absolute atomic E-state index is 0.00725. The lowest BCUT2D eigenvalue weighted by Crippen LogP contribution is -2.35. The second-order valence-electron chi connectivity index (χ2n) is 5.61. The van der Waals surface area contributed by atoms with Crippen LogP contribution in [0.15, 0.2) is 29.2 Å². The second kappa shape index (κ2) is 5.98. The van der Waals surface area contributed by atoms with Crippen LogP contribution in [0.1, 0.15) is 25.3 Å². The molecule has 22 heavy (non-hydrogen) atoms. The quantitative estimate of drug-likeness (QED) is 0.915. The largest absolute Gasteiger partial charge is 0.342 e. The standard InChI is InChI=1S/C16H17N5O/c1-11-5-8-21(9-6-11)16-19-14(12(10-17)15(22)20-16)13-4-2-3-7-18-13/h2-4,7,11H,5-6,8-9H2,1H3,(H,19,20,22). The van der Waals surface area contributed by atoms with Crippen molar-refractivity contribution in [1.29, 1.82) is 5.26 Å². The summed E-state index contributed by atoms with van der Waals surface area (Å²) in [6.45, 7) is 3.95. The fourth-order valence-electron chi connectivity index (χ4n) is 2.62. The van der Waals surface area contributed by atoms with Crippen molar-refractivity contribution in [3.63, 3.8) is 0 Å². The zero-order valence-electron chi connectivity index (χ0n) is 12.4. The van der Waals surface area contributed by atoms with E-state index >= 15 is 0 Å². The van der Waals surface area contributed by atoms with Gasteiger partial charge in [0.15, 0.2) is 0 Å². The molecule has 0 amide bonds. The first-order valence-corrected chi connectivity index (χ1v) is 7.40. The molecule has 2 aromatic rings. The first-order chi connectivity index (χ1) is 10.7. The highest BCUT2D eigenvalue weighted by Gasteiger charge is 2.21. The molecule has 1 aliphatic rings. The minimum Gasteiger partial charge on any atom is -0.342 e. The molecule has 0 aromatic carbocycles. The van der Waals surface area contributed by atoms with Crippen LogP contribution in [0.3, 0.4) is 0 Å². The second-order valence-corrected chi connectivity index (χ2v) is 5.61. The summed E-state index contributed by atoms with van der Waals surface area (Å²) in [5.74, 6) is 1.22. The predicted molar refractivity (Wildman–Crippen MR) is 83.4 cm³/mol. The third kappa shape index (κ3) is 2.70. The summed E-state index contributed by atoms with van der Waals surface area (Å²) in [4.78, 5) is 25.7. The maximum Gasteiger partial charge on any atom is 0.270 e. The third-order valence-electron chi connectivity index (χ3n) is 4.01. The number of anilines is 1. The number of H-pyrrole nitrogens is 1. The zero-order chi connectivity index (χ0) is 15.5. The summed E-state index contributed by atoms with van der Waals surface area (Å²) < 4.78 is 0. The van der Waals surface area contributed by atoms with Gasteiger partial charge in [-0.1, -0.05) is 13.0 Å². The topological polar surface area (TPSA) is 85.7 Å². The van der Waals surface area contributed by atoms with E-state index in [1.807, 2.05) is 12.1 Å². The highest BCUT2D eigenvalue weighted by atomic mass is 16.1. The molecule has 3 rings (SSSR count). The SMILES string of the molecule is CC1CCN(c2nc(-c3ccccn3)c(C#N)c(=O)[nH]2)CC1. The Labute approximate surface area is 128 Å². The third-order valence-corrected chi connectivity index (χ3v) is 4.01. The molecule has 1 fully saturated rings. The van der Waals surface area contributed by atoms with Crippen LogP contribution in [-0.4, -0.2) is 28.0 Å². The van der Waals surface area contributed by atoms with Crippen molar-refractivity contribution in [2.75, 3.05) is 18.0 Å². The number of nitrogens with one attached hydrogen (secondary N) is 1. The maximum absolute atomic E-state index is 12.2. The Bertz CT molecular complexity index is 754. The number of nitriles is 1. The smallest absolute Gasteiger partial charge is 0.270 e. The molecule has 112 valence electrons. The Morgan fingerprint density at radius 1 is 1.36 bits per heavy atom. The van der Waals surface area contributed by atoms with Crippen molar-refractivity contribution < 1.29 is 0 Å². The lowest BCUT2D eigenvalue weighted by atomic mass is 10.00. The van der Waals surface area contributed by atoms with E-state index in [0.717, 1.165) is 25.9 Å². The molecule has 2 aromatic heterocycles. The maximum atomic E-state index is 12.2. The molecule has 1 aliphatic heterocycles. The van der Waals surface area contributed by atoms with E-state index in [9.17, 15) is 10.1 Å². The summed E-state index contributed by atoms with van der Waals surface area (Å²) >= 11 is 0. The summed E-state index contributed by atoms with van der Waals surface area (Å²) in [7, 11) is 0. The predicted octanol–water partition coefficient (Wildman–Crippen LogP) is 1.94. The van der Waals surface area contributed by atoms with Gasteiger partial charge in [0.25, 0.3) is 5.56 Å². The molecule has 6 nitrogen and oxygen atoms in total. The number of rotatable bonds is 2. The number of hydrogen-bond donors (Lipinski definition) is 1. The van der Waals surface area contributed by atoms with Crippen LogP contribution >= 0.6 is 0 Å². The van der Waals surface area contributed by atoms with Gasteiger partial charge in [0.2, 0.25) is 5.95 Å². The Balaban J connectivity index is 2.06.